The summed E-state index contributed by atoms with van der Waals surface area (Å²) < 4.78 is 14.0. The van der Waals surface area contributed by atoms with Gasteiger partial charge in [0.15, 0.2) is 0 Å². The average Bonchev–Trinajstić information content (AvgIpc) is 2.26. The van der Waals surface area contributed by atoms with Crippen molar-refractivity contribution < 1.29 is 4.39 Å². The summed E-state index contributed by atoms with van der Waals surface area (Å²) in [5, 5.41) is 0. The second kappa shape index (κ2) is 4.72. The number of benzene rings is 1. The van der Waals surface area contributed by atoms with Crippen LogP contribution in [0.15, 0.2) is 23.0 Å². The van der Waals surface area contributed by atoms with Crippen molar-refractivity contribution in [2.75, 3.05) is 0 Å². The highest BCUT2D eigenvalue weighted by atomic mass is 19.1. The van der Waals surface area contributed by atoms with Crippen LogP contribution in [-0.2, 0) is 6.42 Å². The quantitative estimate of drug-likeness (QED) is 0.885. The summed E-state index contributed by atoms with van der Waals surface area (Å²) in [5.74, 6) is 0.226. The summed E-state index contributed by atoms with van der Waals surface area (Å²) in [5.41, 5.74) is 2.19. The average molecular weight is 246 g/mol. The van der Waals surface area contributed by atoms with Gasteiger partial charge in [-0.05, 0) is 31.0 Å². The van der Waals surface area contributed by atoms with Crippen molar-refractivity contribution >= 4 is 0 Å². The molecule has 94 valence electrons. The standard InChI is InChI=1S/C14H15FN2O/c1-4-12-16-11(7-13(18)17-12)14-9(3)5-8(2)6-10(14)15/h5-7H,4H2,1-3H3,(H,16,17,18). The Hall–Kier alpha value is -1.97. The number of aryl methyl sites for hydroxylation is 3. The minimum atomic E-state index is -0.340. The lowest BCUT2D eigenvalue weighted by Crippen LogP contribution is -2.11. The van der Waals surface area contributed by atoms with E-state index in [2.05, 4.69) is 9.97 Å². The van der Waals surface area contributed by atoms with Gasteiger partial charge in [-0.25, -0.2) is 9.37 Å². The van der Waals surface area contributed by atoms with Crippen molar-refractivity contribution in [1.82, 2.24) is 9.97 Å². The third-order valence-electron chi connectivity index (χ3n) is 2.81. The van der Waals surface area contributed by atoms with Crippen LogP contribution in [0.4, 0.5) is 4.39 Å². The van der Waals surface area contributed by atoms with E-state index in [0.717, 1.165) is 11.1 Å². The maximum atomic E-state index is 14.0. The van der Waals surface area contributed by atoms with Crippen molar-refractivity contribution in [3.8, 4) is 11.3 Å². The van der Waals surface area contributed by atoms with Gasteiger partial charge in [0.25, 0.3) is 5.56 Å². The molecule has 2 rings (SSSR count). The van der Waals surface area contributed by atoms with E-state index in [-0.39, 0.29) is 11.4 Å². The molecule has 0 aliphatic heterocycles. The van der Waals surface area contributed by atoms with Crippen molar-refractivity contribution in [3.05, 3.63) is 51.3 Å². The van der Waals surface area contributed by atoms with E-state index in [4.69, 9.17) is 0 Å². The topological polar surface area (TPSA) is 45.8 Å². The van der Waals surface area contributed by atoms with E-state index in [1.54, 1.807) is 0 Å². The summed E-state index contributed by atoms with van der Waals surface area (Å²) in [6, 6.07) is 4.67. The molecule has 1 aromatic carbocycles. The summed E-state index contributed by atoms with van der Waals surface area (Å²) in [7, 11) is 0. The second-order valence-corrected chi connectivity index (χ2v) is 4.37. The van der Waals surface area contributed by atoms with E-state index in [0.29, 0.717) is 23.5 Å². The molecule has 1 heterocycles. The molecule has 2 aromatic rings. The zero-order chi connectivity index (χ0) is 13.3. The number of aromatic amines is 1. The predicted octanol–water partition coefficient (Wildman–Crippen LogP) is 2.76. The predicted molar refractivity (Wildman–Crippen MR) is 69.1 cm³/mol. The number of nitrogens with zero attached hydrogens (tertiary/aromatic N) is 1. The van der Waals surface area contributed by atoms with Crippen molar-refractivity contribution in [2.45, 2.75) is 27.2 Å². The van der Waals surface area contributed by atoms with Crippen molar-refractivity contribution in [2.24, 2.45) is 0 Å². The molecule has 0 saturated heterocycles. The molecule has 0 bridgehead atoms. The molecule has 1 aromatic heterocycles. The highest BCUT2D eigenvalue weighted by molar-refractivity contribution is 5.64. The molecule has 0 aliphatic carbocycles. The van der Waals surface area contributed by atoms with Crippen molar-refractivity contribution in [3.63, 3.8) is 0 Å². The van der Waals surface area contributed by atoms with E-state index in [1.165, 1.54) is 12.1 Å². The molecular formula is C14H15FN2O. The largest absolute Gasteiger partial charge is 0.311 e. The van der Waals surface area contributed by atoms with E-state index in [1.807, 2.05) is 26.8 Å². The molecule has 0 spiro atoms. The number of hydrogen-bond donors (Lipinski definition) is 1. The van der Waals surface area contributed by atoms with E-state index in [9.17, 15) is 9.18 Å². The number of halogens is 1. The monoisotopic (exact) mass is 246 g/mol. The van der Waals surface area contributed by atoms with E-state index >= 15 is 0 Å². The molecule has 0 saturated carbocycles. The van der Waals surface area contributed by atoms with Gasteiger partial charge >= 0.3 is 0 Å². The molecule has 1 N–H and O–H groups in total. The van der Waals surface area contributed by atoms with Gasteiger partial charge in [0.05, 0.1) is 5.69 Å². The van der Waals surface area contributed by atoms with Crippen LogP contribution >= 0.6 is 0 Å². The van der Waals surface area contributed by atoms with Crippen LogP contribution in [0, 0.1) is 19.7 Å². The molecule has 4 heteroatoms. The highest BCUT2D eigenvalue weighted by Gasteiger charge is 2.12. The number of rotatable bonds is 2. The zero-order valence-corrected chi connectivity index (χ0v) is 10.7. The lowest BCUT2D eigenvalue weighted by Gasteiger charge is -2.09. The van der Waals surface area contributed by atoms with E-state index < -0.39 is 0 Å². The summed E-state index contributed by atoms with van der Waals surface area (Å²) in [6.45, 7) is 5.54. The van der Waals surface area contributed by atoms with Gasteiger partial charge in [0.1, 0.15) is 11.6 Å². The SMILES string of the molecule is CCc1nc(-c2c(C)cc(C)cc2F)cc(=O)[nH]1. The number of hydrogen-bond acceptors (Lipinski definition) is 2. The fraction of sp³-hybridized carbons (Fsp3) is 0.286. The second-order valence-electron chi connectivity index (χ2n) is 4.37. The number of nitrogens with one attached hydrogen (secondary N) is 1. The van der Waals surface area contributed by atoms with Crippen LogP contribution in [-0.4, -0.2) is 9.97 Å². The Morgan fingerprint density at radius 2 is 2.00 bits per heavy atom. The zero-order valence-electron chi connectivity index (χ0n) is 10.7. The minimum Gasteiger partial charge on any atom is -0.311 e. The fourth-order valence-corrected chi connectivity index (χ4v) is 2.04. The summed E-state index contributed by atoms with van der Waals surface area (Å²) >= 11 is 0. The third kappa shape index (κ3) is 2.32. The van der Waals surface area contributed by atoms with Crippen LogP contribution < -0.4 is 5.56 Å². The molecule has 0 radical (unpaired) electrons. The Kier molecular flexibility index (Phi) is 3.28. The first kappa shape index (κ1) is 12.5. The minimum absolute atomic E-state index is 0.253. The maximum absolute atomic E-state index is 14.0. The lowest BCUT2D eigenvalue weighted by molar-refractivity contribution is 0.628. The van der Waals surface area contributed by atoms with Gasteiger partial charge in [-0.15, -0.1) is 0 Å². The molecule has 0 aliphatic rings. The first-order chi connectivity index (χ1) is 8.51. The summed E-state index contributed by atoms with van der Waals surface area (Å²) in [4.78, 5) is 18.4. The molecule has 18 heavy (non-hydrogen) atoms. The molecule has 3 nitrogen and oxygen atoms in total. The lowest BCUT2D eigenvalue weighted by atomic mass is 10.0. The highest BCUT2D eigenvalue weighted by Crippen LogP contribution is 2.25. The van der Waals surface area contributed by atoms with Crippen LogP contribution in [0.1, 0.15) is 23.9 Å². The molecule has 0 unspecified atom stereocenters. The molecule has 0 amide bonds. The van der Waals surface area contributed by atoms with Crippen LogP contribution in [0.3, 0.4) is 0 Å². The van der Waals surface area contributed by atoms with Crippen molar-refractivity contribution in [1.29, 1.82) is 0 Å². The Bertz CT molecular complexity index is 623. The fourth-order valence-electron chi connectivity index (χ4n) is 2.04. The van der Waals surface area contributed by atoms with Gasteiger partial charge < -0.3 is 4.98 Å². The molecule has 0 fully saturated rings. The van der Waals surface area contributed by atoms with Gasteiger partial charge in [0, 0.05) is 18.1 Å². The Balaban J connectivity index is 2.69. The smallest absolute Gasteiger partial charge is 0.251 e. The Morgan fingerprint density at radius 3 is 2.61 bits per heavy atom. The van der Waals surface area contributed by atoms with Crippen LogP contribution in [0.5, 0.6) is 0 Å². The number of aromatic nitrogens is 2. The molecular weight excluding hydrogens is 231 g/mol. The Morgan fingerprint density at radius 1 is 1.28 bits per heavy atom. The molecule has 0 atom stereocenters. The van der Waals surface area contributed by atoms with Crippen LogP contribution in [0.2, 0.25) is 0 Å². The summed E-state index contributed by atoms with van der Waals surface area (Å²) in [6.07, 6.45) is 0.607. The van der Waals surface area contributed by atoms with Gasteiger partial charge in [-0.3, -0.25) is 4.79 Å². The normalized spacial score (nSPS) is 10.7. The van der Waals surface area contributed by atoms with Gasteiger partial charge in [0.2, 0.25) is 0 Å². The van der Waals surface area contributed by atoms with Gasteiger partial charge in [-0.1, -0.05) is 13.0 Å². The Labute approximate surface area is 105 Å². The third-order valence-corrected chi connectivity index (χ3v) is 2.81. The first-order valence-electron chi connectivity index (χ1n) is 5.88. The first-order valence-corrected chi connectivity index (χ1v) is 5.88. The van der Waals surface area contributed by atoms with Crippen LogP contribution in [0.25, 0.3) is 11.3 Å². The number of H-pyrrole nitrogens is 1. The van der Waals surface area contributed by atoms with Gasteiger partial charge in [-0.2, -0.15) is 0 Å². The maximum Gasteiger partial charge on any atom is 0.251 e.